The van der Waals surface area contributed by atoms with Crippen molar-refractivity contribution in [2.24, 2.45) is 5.92 Å². The first kappa shape index (κ1) is 45.5. The van der Waals surface area contributed by atoms with Crippen molar-refractivity contribution < 1.29 is 42.9 Å². The van der Waals surface area contributed by atoms with Crippen LogP contribution >= 0.6 is 11.8 Å². The van der Waals surface area contributed by atoms with E-state index < -0.39 is 52.3 Å². The Balaban J connectivity index is 0.000000498. The summed E-state index contributed by atoms with van der Waals surface area (Å²) in [6, 6.07) is -1.20. The molecule has 0 aliphatic carbocycles. The van der Waals surface area contributed by atoms with Gasteiger partial charge in [-0.1, -0.05) is 104 Å². The SMILES string of the molecule is CCCCCCCCCCCCCCCCNS(=O)(=O)O.CCC[C@@H]1C[C@@H](C(=O)N[C@@H]([C@H]2O[C@H](SC)[C@H](O)[C@@H](O)[C@H]2O)[C@@H](C)O)N(C)C1. The molecule has 286 valence electrons. The molecule has 2 aliphatic rings. The van der Waals surface area contributed by atoms with E-state index in [4.69, 9.17) is 9.29 Å². The Morgan fingerprint density at radius 1 is 0.875 bits per heavy atom. The highest BCUT2D eigenvalue weighted by Gasteiger charge is 2.48. The smallest absolute Gasteiger partial charge is 0.333 e. The van der Waals surface area contributed by atoms with Crippen LogP contribution in [0.25, 0.3) is 0 Å². The zero-order valence-electron chi connectivity index (χ0n) is 30.3. The van der Waals surface area contributed by atoms with Crippen LogP contribution in [0.1, 0.15) is 130 Å². The number of ether oxygens (including phenoxy) is 1. The molecular weight excluding hydrogens is 659 g/mol. The van der Waals surface area contributed by atoms with Crippen LogP contribution in [0.15, 0.2) is 0 Å². The summed E-state index contributed by atoms with van der Waals surface area (Å²) >= 11 is 1.20. The number of rotatable bonds is 23. The van der Waals surface area contributed by atoms with Crippen molar-refractivity contribution in [2.45, 2.75) is 178 Å². The Hall–Kier alpha value is -0.550. The fourth-order valence-corrected chi connectivity index (χ4v) is 7.73. The van der Waals surface area contributed by atoms with E-state index in [0.717, 1.165) is 45.1 Å². The second-order valence-corrected chi connectivity index (χ2v) is 15.9. The van der Waals surface area contributed by atoms with Gasteiger partial charge in [0.2, 0.25) is 5.91 Å². The number of thioether (sulfide) groups is 1. The third kappa shape index (κ3) is 18.1. The Bertz CT molecular complexity index is 945. The fraction of sp³-hybridized carbons (Fsp3) is 0.971. The number of amides is 1. The maximum absolute atomic E-state index is 12.8. The number of hydrogen-bond acceptors (Lipinski definition) is 10. The summed E-state index contributed by atoms with van der Waals surface area (Å²) in [6.45, 7) is 7.08. The number of carbonyl (C=O) groups is 1. The van der Waals surface area contributed by atoms with Crippen molar-refractivity contribution >= 4 is 28.0 Å². The molecule has 1 amide bonds. The molecule has 0 bridgehead atoms. The average molecular weight is 728 g/mol. The molecule has 2 aliphatic heterocycles. The number of likely N-dealkylation sites (N-methyl/N-ethyl adjacent to an activating group) is 1. The van der Waals surface area contributed by atoms with Crippen molar-refractivity contribution in [2.75, 3.05) is 26.4 Å². The van der Waals surface area contributed by atoms with Gasteiger partial charge in [-0.05, 0) is 45.4 Å². The highest BCUT2D eigenvalue weighted by atomic mass is 32.2. The molecule has 0 radical (unpaired) electrons. The molecule has 14 heteroatoms. The molecular formula is C34H69N3O9S2. The molecule has 0 aromatic carbocycles. The average Bonchev–Trinajstić information content (AvgIpc) is 3.40. The van der Waals surface area contributed by atoms with Crippen molar-refractivity contribution in [1.29, 1.82) is 0 Å². The van der Waals surface area contributed by atoms with Crippen LogP contribution in [-0.4, -0.2) is 119 Å². The van der Waals surface area contributed by atoms with Gasteiger partial charge in [0.1, 0.15) is 29.9 Å². The zero-order chi connectivity index (χ0) is 36.1. The second kappa shape index (κ2) is 25.4. The quantitative estimate of drug-likeness (QED) is 0.0595. The van der Waals surface area contributed by atoms with Crippen LogP contribution < -0.4 is 10.0 Å². The number of nitrogens with zero attached hydrogens (tertiary/aromatic N) is 1. The van der Waals surface area contributed by atoms with Gasteiger partial charge >= 0.3 is 10.3 Å². The van der Waals surface area contributed by atoms with Gasteiger partial charge in [0.15, 0.2) is 0 Å². The van der Waals surface area contributed by atoms with Crippen molar-refractivity contribution in [3.05, 3.63) is 0 Å². The number of hydrogen-bond donors (Lipinski definition) is 7. The normalized spacial score (nSPS) is 27.7. The Morgan fingerprint density at radius 3 is 1.85 bits per heavy atom. The minimum Gasteiger partial charge on any atom is -0.391 e. The van der Waals surface area contributed by atoms with Crippen LogP contribution in [0, 0.1) is 5.92 Å². The van der Waals surface area contributed by atoms with Crippen molar-refractivity contribution in [3.8, 4) is 0 Å². The number of unbranched alkanes of at least 4 members (excludes halogenated alkanes) is 13. The molecule has 2 heterocycles. The van der Waals surface area contributed by atoms with E-state index in [1.54, 1.807) is 6.26 Å². The van der Waals surface area contributed by atoms with E-state index in [1.807, 2.05) is 11.9 Å². The standard InChI is InChI=1S/C18H34N2O6S.C16H35NO3S/c1-5-6-10-7-11(20(3)8-10)17(25)19-12(9(2)21)16-14(23)13(22)15(24)18(26-16)27-4;1-2-3-4-5-6-7-8-9-10-11-12-13-14-15-16-17-21(18,19)20/h9-16,18,21-24H,5-8H2,1-4H3,(H,19,25);17H,2-16H2,1H3,(H,18,19,20)/t9-,10-,11+,12-,13+,14-,15-,16-,18-;/m1./s1. The molecule has 12 nitrogen and oxygen atoms in total. The van der Waals surface area contributed by atoms with Gasteiger partial charge < -0.3 is 30.5 Å². The minimum absolute atomic E-state index is 0.223. The lowest BCUT2D eigenvalue weighted by molar-refractivity contribution is -0.211. The highest BCUT2D eigenvalue weighted by Crippen LogP contribution is 2.30. The zero-order valence-corrected chi connectivity index (χ0v) is 31.9. The summed E-state index contributed by atoms with van der Waals surface area (Å²) in [6.07, 6.45) is 16.4. The summed E-state index contributed by atoms with van der Waals surface area (Å²) < 4.78 is 37.1. The van der Waals surface area contributed by atoms with E-state index in [2.05, 4.69) is 23.9 Å². The predicted octanol–water partition coefficient (Wildman–Crippen LogP) is 4.00. The van der Waals surface area contributed by atoms with Crippen LogP contribution in [0.3, 0.4) is 0 Å². The molecule has 0 spiro atoms. The molecule has 7 N–H and O–H groups in total. The summed E-state index contributed by atoms with van der Waals surface area (Å²) in [7, 11) is -2.08. The van der Waals surface area contributed by atoms with Crippen molar-refractivity contribution in [3.63, 3.8) is 0 Å². The largest absolute Gasteiger partial charge is 0.391 e. The molecule has 9 atom stereocenters. The highest BCUT2D eigenvalue weighted by molar-refractivity contribution is 7.99. The van der Waals surface area contributed by atoms with Gasteiger partial charge in [-0.3, -0.25) is 14.2 Å². The number of nitrogens with one attached hydrogen (secondary N) is 2. The molecule has 0 saturated carbocycles. The van der Waals surface area contributed by atoms with Crippen LogP contribution in [-0.2, 0) is 19.8 Å². The minimum atomic E-state index is -3.99. The van der Waals surface area contributed by atoms with Gasteiger partial charge in [0, 0.05) is 13.1 Å². The number of aliphatic hydroxyl groups is 4. The molecule has 2 saturated heterocycles. The summed E-state index contributed by atoms with van der Waals surface area (Å²) in [5, 5.41) is 43.5. The van der Waals surface area contributed by atoms with Gasteiger partial charge in [0.25, 0.3) is 0 Å². The first-order chi connectivity index (χ1) is 22.8. The van der Waals surface area contributed by atoms with Gasteiger partial charge in [-0.25, -0.2) is 0 Å². The van der Waals surface area contributed by atoms with E-state index in [-0.39, 0.29) is 11.9 Å². The number of aliphatic hydroxyl groups excluding tert-OH is 4. The van der Waals surface area contributed by atoms with Crippen LogP contribution in [0.4, 0.5) is 0 Å². The van der Waals surface area contributed by atoms with E-state index in [1.165, 1.54) is 89.3 Å². The molecule has 2 rings (SSSR count). The van der Waals surface area contributed by atoms with Crippen LogP contribution in [0.2, 0.25) is 0 Å². The maximum atomic E-state index is 12.8. The number of carbonyl (C=O) groups excluding carboxylic acids is 1. The van der Waals surface area contributed by atoms with E-state index >= 15 is 0 Å². The second-order valence-electron chi connectivity index (χ2n) is 13.8. The van der Waals surface area contributed by atoms with Crippen molar-refractivity contribution in [1.82, 2.24) is 14.9 Å². The topological polar surface area (TPSA) is 189 Å². The predicted molar refractivity (Wildman–Crippen MR) is 193 cm³/mol. The molecule has 48 heavy (non-hydrogen) atoms. The Morgan fingerprint density at radius 2 is 1.40 bits per heavy atom. The summed E-state index contributed by atoms with van der Waals surface area (Å²) in [5.74, 6) is 0.245. The maximum Gasteiger partial charge on any atom is 0.333 e. The molecule has 2 fully saturated rings. The third-order valence-electron chi connectivity index (χ3n) is 9.47. The molecule has 0 aromatic rings. The summed E-state index contributed by atoms with van der Waals surface area (Å²) in [4.78, 5) is 14.9. The van der Waals surface area contributed by atoms with Gasteiger partial charge in [-0.15, -0.1) is 11.8 Å². The molecule has 0 aromatic heterocycles. The fourth-order valence-electron chi connectivity index (χ4n) is 6.65. The summed E-state index contributed by atoms with van der Waals surface area (Å²) in [5.41, 5.74) is -0.755. The first-order valence-corrected chi connectivity index (χ1v) is 21.1. The van der Waals surface area contributed by atoms with E-state index in [0.29, 0.717) is 12.5 Å². The lowest BCUT2D eigenvalue weighted by atomic mass is 9.92. The Labute approximate surface area is 295 Å². The third-order valence-corrected chi connectivity index (χ3v) is 10.9. The van der Waals surface area contributed by atoms with Gasteiger partial charge in [-0.2, -0.15) is 13.1 Å². The van der Waals surface area contributed by atoms with E-state index in [9.17, 15) is 33.6 Å². The first-order valence-electron chi connectivity index (χ1n) is 18.4. The number of likely N-dealkylation sites (tertiary alicyclic amines) is 1. The van der Waals surface area contributed by atoms with Crippen LogP contribution in [0.5, 0.6) is 0 Å². The van der Waals surface area contributed by atoms with Gasteiger partial charge in [0.05, 0.1) is 18.2 Å². The Kier molecular flexibility index (Phi) is 24.1. The lowest BCUT2D eigenvalue weighted by Gasteiger charge is -2.44. The monoisotopic (exact) mass is 727 g/mol. The lowest BCUT2D eigenvalue weighted by Crippen LogP contribution is -2.65. The molecule has 0 unspecified atom stereocenters.